The summed E-state index contributed by atoms with van der Waals surface area (Å²) in [4.78, 5) is 4.56. The third-order valence-electron chi connectivity index (χ3n) is 4.80. The summed E-state index contributed by atoms with van der Waals surface area (Å²) in [7, 11) is 0. The Morgan fingerprint density at radius 3 is 2.53 bits per heavy atom. The van der Waals surface area contributed by atoms with Crippen molar-refractivity contribution in [3.8, 4) is 0 Å². The van der Waals surface area contributed by atoms with Crippen LogP contribution in [0.2, 0.25) is 0 Å². The quantitative estimate of drug-likeness (QED) is 0.570. The van der Waals surface area contributed by atoms with E-state index in [0.29, 0.717) is 11.4 Å². The molecular weight excluding hydrogens is 210 g/mol. The topological polar surface area (TPSA) is 50.4 Å². The van der Waals surface area contributed by atoms with Crippen LogP contribution in [0.25, 0.3) is 0 Å². The standard InChI is InChI=1S/C14H27N3/c1-2-14(8-3-4-9-14)11-17-13(15)16-10-12-6-5-7-12/h12H,2-11H2,1H3,(H3,15,16,17). The van der Waals surface area contributed by atoms with Crippen LogP contribution in [0.3, 0.4) is 0 Å². The van der Waals surface area contributed by atoms with Gasteiger partial charge in [0.15, 0.2) is 5.96 Å². The van der Waals surface area contributed by atoms with Crippen LogP contribution in [0.5, 0.6) is 0 Å². The predicted molar refractivity (Wildman–Crippen MR) is 73.0 cm³/mol. The maximum absolute atomic E-state index is 5.93. The first-order valence-electron chi connectivity index (χ1n) is 7.28. The summed E-state index contributed by atoms with van der Waals surface area (Å²) < 4.78 is 0. The third-order valence-corrected chi connectivity index (χ3v) is 4.80. The predicted octanol–water partition coefficient (Wildman–Crippen LogP) is 2.66. The molecule has 17 heavy (non-hydrogen) atoms. The van der Waals surface area contributed by atoms with E-state index in [-0.39, 0.29) is 0 Å². The summed E-state index contributed by atoms with van der Waals surface area (Å²) in [5, 5.41) is 3.28. The van der Waals surface area contributed by atoms with Crippen molar-refractivity contribution in [2.45, 2.75) is 58.3 Å². The van der Waals surface area contributed by atoms with Crippen LogP contribution < -0.4 is 11.1 Å². The molecule has 0 bridgehead atoms. The number of guanidine groups is 1. The third kappa shape index (κ3) is 3.36. The monoisotopic (exact) mass is 237 g/mol. The van der Waals surface area contributed by atoms with Gasteiger partial charge < -0.3 is 11.1 Å². The van der Waals surface area contributed by atoms with Crippen LogP contribution in [-0.4, -0.2) is 19.0 Å². The highest BCUT2D eigenvalue weighted by molar-refractivity contribution is 5.77. The highest BCUT2D eigenvalue weighted by Crippen LogP contribution is 2.41. The maximum atomic E-state index is 5.93. The molecule has 2 rings (SSSR count). The van der Waals surface area contributed by atoms with E-state index in [1.807, 2.05) is 0 Å². The summed E-state index contributed by atoms with van der Waals surface area (Å²) in [6.07, 6.45) is 10.8. The van der Waals surface area contributed by atoms with Crippen molar-refractivity contribution in [3.05, 3.63) is 0 Å². The van der Waals surface area contributed by atoms with Gasteiger partial charge in [0.1, 0.15) is 0 Å². The molecule has 3 nitrogen and oxygen atoms in total. The Morgan fingerprint density at radius 1 is 1.29 bits per heavy atom. The Hall–Kier alpha value is -0.730. The molecule has 2 fully saturated rings. The van der Waals surface area contributed by atoms with Crippen LogP contribution in [0.4, 0.5) is 0 Å². The van der Waals surface area contributed by atoms with Crippen molar-refractivity contribution in [2.24, 2.45) is 22.1 Å². The van der Waals surface area contributed by atoms with Crippen molar-refractivity contribution in [1.82, 2.24) is 5.32 Å². The molecule has 0 heterocycles. The normalized spacial score (nSPS) is 24.6. The Labute approximate surface area is 105 Å². The summed E-state index contributed by atoms with van der Waals surface area (Å²) in [5.41, 5.74) is 6.39. The minimum Gasteiger partial charge on any atom is -0.370 e. The number of nitrogens with two attached hydrogens (primary N) is 1. The number of nitrogens with one attached hydrogen (secondary N) is 1. The number of rotatable bonds is 5. The lowest BCUT2D eigenvalue weighted by atomic mass is 9.83. The van der Waals surface area contributed by atoms with Crippen LogP contribution in [0.15, 0.2) is 4.99 Å². The first-order chi connectivity index (χ1) is 8.24. The Morgan fingerprint density at radius 2 is 2.00 bits per heavy atom. The van der Waals surface area contributed by atoms with Gasteiger partial charge in [-0.25, -0.2) is 0 Å². The van der Waals surface area contributed by atoms with Gasteiger partial charge in [-0.3, -0.25) is 4.99 Å². The van der Waals surface area contributed by atoms with Crippen LogP contribution in [0, 0.1) is 11.3 Å². The minimum absolute atomic E-state index is 0.461. The summed E-state index contributed by atoms with van der Waals surface area (Å²) in [5.74, 6) is 1.51. The molecule has 3 N–H and O–H groups in total. The van der Waals surface area contributed by atoms with Gasteiger partial charge in [-0.15, -0.1) is 0 Å². The zero-order chi connectivity index (χ0) is 12.1. The molecular formula is C14H27N3. The minimum atomic E-state index is 0.461. The fourth-order valence-electron chi connectivity index (χ4n) is 3.00. The number of hydrogen-bond donors (Lipinski definition) is 2. The van der Waals surface area contributed by atoms with Crippen LogP contribution in [0.1, 0.15) is 58.3 Å². The fourth-order valence-corrected chi connectivity index (χ4v) is 3.00. The lowest BCUT2D eigenvalue weighted by molar-refractivity contribution is 0.296. The van der Waals surface area contributed by atoms with E-state index in [1.54, 1.807) is 0 Å². The molecule has 0 saturated heterocycles. The lowest BCUT2D eigenvalue weighted by Crippen LogP contribution is -2.38. The fraction of sp³-hybridized carbons (Fsp3) is 0.929. The second-order valence-electron chi connectivity index (χ2n) is 5.94. The molecule has 0 aromatic carbocycles. The number of hydrogen-bond acceptors (Lipinski definition) is 1. The SMILES string of the molecule is CCC1(CN=C(N)NCC2CCC2)CCCC1. The van der Waals surface area contributed by atoms with Gasteiger partial charge in [-0.1, -0.05) is 26.2 Å². The van der Waals surface area contributed by atoms with Crippen molar-refractivity contribution in [3.63, 3.8) is 0 Å². The van der Waals surface area contributed by atoms with Crippen molar-refractivity contribution < 1.29 is 0 Å². The van der Waals surface area contributed by atoms with E-state index < -0.39 is 0 Å². The molecule has 0 unspecified atom stereocenters. The molecule has 2 saturated carbocycles. The van der Waals surface area contributed by atoms with Crippen molar-refractivity contribution in [1.29, 1.82) is 0 Å². The first-order valence-corrected chi connectivity index (χ1v) is 7.28. The molecule has 3 heteroatoms. The van der Waals surface area contributed by atoms with Gasteiger partial charge in [0.05, 0.1) is 0 Å². The molecule has 0 atom stereocenters. The van der Waals surface area contributed by atoms with Gasteiger partial charge in [0.2, 0.25) is 0 Å². The summed E-state index contributed by atoms with van der Waals surface area (Å²) >= 11 is 0. The van der Waals surface area contributed by atoms with Gasteiger partial charge >= 0.3 is 0 Å². The zero-order valence-corrected chi connectivity index (χ0v) is 11.2. The molecule has 98 valence electrons. The first kappa shape index (κ1) is 12.7. The highest BCUT2D eigenvalue weighted by Gasteiger charge is 2.31. The van der Waals surface area contributed by atoms with E-state index in [0.717, 1.165) is 19.0 Å². The molecule has 0 radical (unpaired) electrons. The average molecular weight is 237 g/mol. The van der Waals surface area contributed by atoms with Gasteiger partial charge in [-0.2, -0.15) is 0 Å². The molecule has 2 aliphatic carbocycles. The molecule has 0 aromatic heterocycles. The van der Waals surface area contributed by atoms with Crippen molar-refractivity contribution in [2.75, 3.05) is 13.1 Å². The Balaban J connectivity index is 1.73. The van der Waals surface area contributed by atoms with E-state index in [1.165, 1.54) is 51.4 Å². The molecule has 0 aromatic rings. The smallest absolute Gasteiger partial charge is 0.188 e. The van der Waals surface area contributed by atoms with E-state index in [4.69, 9.17) is 5.73 Å². The molecule has 2 aliphatic rings. The second-order valence-corrected chi connectivity index (χ2v) is 5.94. The largest absolute Gasteiger partial charge is 0.370 e. The van der Waals surface area contributed by atoms with Gasteiger partial charge in [-0.05, 0) is 43.4 Å². The Bertz CT molecular complexity index is 263. The number of nitrogens with zero attached hydrogens (tertiary/aromatic N) is 1. The van der Waals surface area contributed by atoms with Crippen molar-refractivity contribution >= 4 is 5.96 Å². The zero-order valence-electron chi connectivity index (χ0n) is 11.2. The van der Waals surface area contributed by atoms with Crippen LogP contribution in [-0.2, 0) is 0 Å². The maximum Gasteiger partial charge on any atom is 0.188 e. The van der Waals surface area contributed by atoms with E-state index >= 15 is 0 Å². The second kappa shape index (κ2) is 5.74. The van der Waals surface area contributed by atoms with E-state index in [9.17, 15) is 0 Å². The number of aliphatic imine (C=N–C) groups is 1. The highest BCUT2D eigenvalue weighted by atomic mass is 15.1. The Kier molecular flexibility index (Phi) is 4.30. The average Bonchev–Trinajstić information content (AvgIpc) is 2.74. The van der Waals surface area contributed by atoms with E-state index in [2.05, 4.69) is 17.2 Å². The summed E-state index contributed by atoms with van der Waals surface area (Å²) in [6, 6.07) is 0. The summed E-state index contributed by atoms with van der Waals surface area (Å²) in [6.45, 7) is 4.24. The van der Waals surface area contributed by atoms with Gasteiger partial charge in [0.25, 0.3) is 0 Å². The lowest BCUT2D eigenvalue weighted by Gasteiger charge is -2.27. The molecule has 0 spiro atoms. The van der Waals surface area contributed by atoms with Crippen LogP contribution >= 0.6 is 0 Å². The molecule has 0 amide bonds. The van der Waals surface area contributed by atoms with Gasteiger partial charge in [0, 0.05) is 13.1 Å². The molecule has 0 aliphatic heterocycles.